The summed E-state index contributed by atoms with van der Waals surface area (Å²) in [7, 11) is 0. The third kappa shape index (κ3) is 3.76. The molecular weight excluding hydrogens is 445 g/mol. The van der Waals surface area contributed by atoms with E-state index in [1.165, 1.54) is 4.68 Å². The Morgan fingerprint density at radius 3 is 2.38 bits per heavy atom. The Balaban J connectivity index is 1.26. The highest BCUT2D eigenvalue weighted by Crippen LogP contribution is 2.46. The molecule has 7 nitrogen and oxygen atoms in total. The summed E-state index contributed by atoms with van der Waals surface area (Å²) in [6, 6.07) is 8.63. The lowest BCUT2D eigenvalue weighted by Gasteiger charge is -2.36. The second-order valence-corrected chi connectivity index (χ2v) is 9.92. The maximum atomic E-state index is 13.8. The second kappa shape index (κ2) is 8.09. The zero-order valence-electron chi connectivity index (χ0n) is 18.9. The van der Waals surface area contributed by atoms with Crippen LogP contribution in [-0.2, 0) is 6.42 Å². The van der Waals surface area contributed by atoms with Crippen LogP contribution in [0.15, 0.2) is 34.9 Å². The van der Waals surface area contributed by atoms with Crippen molar-refractivity contribution in [1.29, 1.82) is 0 Å². The van der Waals surface area contributed by atoms with Crippen molar-refractivity contribution in [1.82, 2.24) is 24.9 Å². The molecule has 0 spiro atoms. The first kappa shape index (κ1) is 21.6. The van der Waals surface area contributed by atoms with Crippen LogP contribution in [0.25, 0.3) is 0 Å². The van der Waals surface area contributed by atoms with Crippen LogP contribution < -0.4 is 4.90 Å². The van der Waals surface area contributed by atoms with Crippen molar-refractivity contribution in [3.05, 3.63) is 53.4 Å². The van der Waals surface area contributed by atoms with Gasteiger partial charge in [-0.2, -0.15) is 23.3 Å². The second-order valence-electron chi connectivity index (χ2n) is 9.92. The van der Waals surface area contributed by atoms with Gasteiger partial charge in [-0.05, 0) is 55.9 Å². The van der Waals surface area contributed by atoms with Crippen LogP contribution in [0.1, 0.15) is 60.7 Å². The lowest BCUT2D eigenvalue weighted by atomic mass is 9.82. The van der Waals surface area contributed by atoms with Crippen molar-refractivity contribution >= 4 is 6.01 Å². The highest BCUT2D eigenvalue weighted by atomic mass is 19.4. The number of nitrogens with zero attached hydrogens (tertiary/aromatic N) is 6. The van der Waals surface area contributed by atoms with Gasteiger partial charge in [-0.15, -0.1) is 0 Å². The van der Waals surface area contributed by atoms with Crippen LogP contribution >= 0.6 is 0 Å². The number of halogens is 3. The van der Waals surface area contributed by atoms with E-state index >= 15 is 0 Å². The van der Waals surface area contributed by atoms with Crippen molar-refractivity contribution in [3.8, 4) is 0 Å². The molecule has 1 saturated carbocycles. The first-order valence-electron chi connectivity index (χ1n) is 12.0. The summed E-state index contributed by atoms with van der Waals surface area (Å²) in [5, 5.41) is 8.38. The van der Waals surface area contributed by atoms with E-state index in [0.717, 1.165) is 31.5 Å². The molecule has 0 N–H and O–H groups in total. The molecule has 0 amide bonds. The van der Waals surface area contributed by atoms with Crippen LogP contribution in [0.4, 0.5) is 19.2 Å². The summed E-state index contributed by atoms with van der Waals surface area (Å²) in [4.78, 5) is 11.3. The number of aryl methyl sites for hydroxylation is 1. The molecule has 0 radical (unpaired) electrons. The molecule has 3 aliphatic rings. The summed E-state index contributed by atoms with van der Waals surface area (Å²) < 4.78 is 48.1. The minimum atomic E-state index is -4.34. The number of alkyl halides is 3. The SMILES string of the molecule is Cc1noc(N2C[C@H]3CC[C@@H](C2)C3Cc2nc3n(n2)C(C(F)(F)F)CCC3c2ccccc2)n1. The fraction of sp³-hybridized carbons (Fsp3) is 0.583. The van der Waals surface area contributed by atoms with Gasteiger partial charge in [0.15, 0.2) is 11.6 Å². The molecule has 34 heavy (non-hydrogen) atoms. The maximum Gasteiger partial charge on any atom is 0.410 e. The van der Waals surface area contributed by atoms with Gasteiger partial charge in [0.25, 0.3) is 0 Å². The minimum Gasteiger partial charge on any atom is -0.324 e. The summed E-state index contributed by atoms with van der Waals surface area (Å²) in [5.41, 5.74) is 0.992. The van der Waals surface area contributed by atoms with Gasteiger partial charge >= 0.3 is 12.2 Å². The quantitative estimate of drug-likeness (QED) is 0.548. The molecule has 3 unspecified atom stereocenters. The Kier molecular flexibility index (Phi) is 5.14. The van der Waals surface area contributed by atoms with Gasteiger partial charge in [-0.3, -0.25) is 0 Å². The smallest absolute Gasteiger partial charge is 0.324 e. The minimum absolute atomic E-state index is 0.0199. The van der Waals surface area contributed by atoms with Crippen LogP contribution in [0.3, 0.4) is 0 Å². The van der Waals surface area contributed by atoms with E-state index < -0.39 is 12.2 Å². The molecular formula is C24H27F3N6O. The van der Waals surface area contributed by atoms with Gasteiger partial charge in [-0.1, -0.05) is 35.5 Å². The average Bonchev–Trinajstić information content (AvgIpc) is 3.48. The van der Waals surface area contributed by atoms with E-state index in [-0.39, 0.29) is 12.3 Å². The zero-order valence-corrected chi connectivity index (χ0v) is 18.9. The van der Waals surface area contributed by atoms with E-state index in [1.807, 2.05) is 30.3 Å². The fourth-order valence-electron chi connectivity index (χ4n) is 6.26. The third-order valence-corrected chi connectivity index (χ3v) is 7.85. The predicted molar refractivity (Wildman–Crippen MR) is 117 cm³/mol. The van der Waals surface area contributed by atoms with Gasteiger partial charge in [-0.25, -0.2) is 9.67 Å². The highest BCUT2D eigenvalue weighted by Gasteiger charge is 2.48. The number of benzene rings is 1. The Hall–Kier alpha value is -2.91. The average molecular weight is 473 g/mol. The maximum absolute atomic E-state index is 13.8. The van der Waals surface area contributed by atoms with Crippen molar-refractivity contribution in [2.45, 2.75) is 57.2 Å². The Bertz CT molecular complexity index is 1150. The Labute approximate surface area is 195 Å². The molecule has 2 fully saturated rings. The van der Waals surface area contributed by atoms with Crippen LogP contribution in [0.2, 0.25) is 0 Å². The number of hydrogen-bond donors (Lipinski definition) is 0. The molecule has 1 aliphatic carbocycles. The Morgan fingerprint density at radius 1 is 1.00 bits per heavy atom. The standard InChI is InChI=1S/C24H27F3N6O/c1-14-28-23(34-31-14)32-12-16-7-8-17(13-32)19(16)11-21-29-22-18(15-5-3-2-4-6-15)9-10-20(24(25,26)27)33(22)30-21/h2-6,16-20H,7-13H2,1H3/t16-,17+,18?,19?,20?. The van der Waals surface area contributed by atoms with Crippen molar-refractivity contribution in [3.63, 3.8) is 0 Å². The normalized spacial score (nSPS) is 28.8. The monoisotopic (exact) mass is 472 g/mol. The van der Waals surface area contributed by atoms with Gasteiger partial charge in [0.05, 0.1) is 0 Å². The molecule has 1 aromatic carbocycles. The lowest BCUT2D eigenvalue weighted by molar-refractivity contribution is -0.175. The first-order valence-corrected chi connectivity index (χ1v) is 12.0. The van der Waals surface area contributed by atoms with E-state index in [0.29, 0.717) is 54.1 Å². The summed E-state index contributed by atoms with van der Waals surface area (Å²) >= 11 is 0. The summed E-state index contributed by atoms with van der Waals surface area (Å²) in [6.45, 7) is 3.43. The highest BCUT2D eigenvalue weighted by molar-refractivity contribution is 5.29. The lowest BCUT2D eigenvalue weighted by Crippen LogP contribution is -2.43. The number of anilines is 1. The van der Waals surface area contributed by atoms with Gasteiger partial charge in [0.1, 0.15) is 11.9 Å². The number of hydrogen-bond acceptors (Lipinski definition) is 6. The van der Waals surface area contributed by atoms with Gasteiger partial charge in [0, 0.05) is 25.4 Å². The van der Waals surface area contributed by atoms with E-state index in [4.69, 9.17) is 9.51 Å². The fourth-order valence-corrected chi connectivity index (χ4v) is 6.26. The molecule has 1 saturated heterocycles. The van der Waals surface area contributed by atoms with Crippen molar-refractivity contribution < 1.29 is 17.7 Å². The number of fused-ring (bicyclic) bond motifs is 3. The number of rotatable bonds is 4. The van der Waals surface area contributed by atoms with Crippen LogP contribution in [0.5, 0.6) is 0 Å². The molecule has 10 heteroatoms. The molecule has 3 aromatic rings. The number of aromatic nitrogens is 5. The van der Waals surface area contributed by atoms with Gasteiger partial charge < -0.3 is 9.42 Å². The van der Waals surface area contributed by atoms with E-state index in [2.05, 4.69) is 20.1 Å². The van der Waals surface area contributed by atoms with Gasteiger partial charge in [0.2, 0.25) is 0 Å². The third-order valence-electron chi connectivity index (χ3n) is 7.85. The summed E-state index contributed by atoms with van der Waals surface area (Å²) in [5.74, 6) is 2.61. The van der Waals surface area contributed by atoms with E-state index in [9.17, 15) is 13.2 Å². The van der Waals surface area contributed by atoms with Crippen molar-refractivity contribution in [2.24, 2.45) is 17.8 Å². The first-order chi connectivity index (χ1) is 16.4. The molecule has 180 valence electrons. The zero-order chi connectivity index (χ0) is 23.4. The molecule has 2 bridgehead atoms. The molecule has 6 rings (SSSR count). The van der Waals surface area contributed by atoms with Crippen LogP contribution in [0, 0.1) is 24.7 Å². The molecule has 5 atom stereocenters. The number of piperidine rings is 1. The topological polar surface area (TPSA) is 72.9 Å². The van der Waals surface area contributed by atoms with Crippen LogP contribution in [-0.4, -0.2) is 44.2 Å². The van der Waals surface area contributed by atoms with E-state index in [1.54, 1.807) is 6.92 Å². The van der Waals surface area contributed by atoms with Crippen molar-refractivity contribution in [2.75, 3.05) is 18.0 Å². The largest absolute Gasteiger partial charge is 0.410 e. The Morgan fingerprint density at radius 2 is 1.74 bits per heavy atom. The molecule has 4 heterocycles. The molecule has 2 aliphatic heterocycles. The predicted octanol–water partition coefficient (Wildman–Crippen LogP) is 4.70. The molecule has 2 aromatic heterocycles. The summed E-state index contributed by atoms with van der Waals surface area (Å²) in [6.07, 6.45) is -1.12.